The van der Waals surface area contributed by atoms with E-state index in [-0.39, 0.29) is 12.0 Å². The third-order valence-corrected chi connectivity index (χ3v) is 5.88. The van der Waals surface area contributed by atoms with Crippen molar-refractivity contribution < 1.29 is 9.53 Å². The van der Waals surface area contributed by atoms with Gasteiger partial charge in [-0.25, -0.2) is 0 Å². The molecule has 2 aromatic carbocycles. The van der Waals surface area contributed by atoms with Gasteiger partial charge in [-0.3, -0.25) is 4.79 Å². The van der Waals surface area contributed by atoms with E-state index < -0.39 is 0 Å². The highest BCUT2D eigenvalue weighted by Crippen LogP contribution is 2.25. The second-order valence-corrected chi connectivity index (χ2v) is 8.13. The summed E-state index contributed by atoms with van der Waals surface area (Å²) in [6.45, 7) is 1.94. The lowest BCUT2D eigenvalue weighted by molar-refractivity contribution is 0.102. The Labute approximate surface area is 182 Å². The molecule has 0 bridgehead atoms. The molecule has 0 spiro atoms. The zero-order chi connectivity index (χ0) is 21.0. The van der Waals surface area contributed by atoms with E-state index in [0.717, 1.165) is 53.2 Å². The Balaban J connectivity index is 1.29. The van der Waals surface area contributed by atoms with Gasteiger partial charge in [-0.05, 0) is 74.5 Å². The number of carbonyl (C=O) groups excluding carboxylic acids is 1. The van der Waals surface area contributed by atoms with E-state index in [2.05, 4.69) is 31.0 Å². The fourth-order valence-electron chi connectivity index (χ4n) is 3.52. The number of carbonyl (C=O) groups is 1. The second kappa shape index (κ2) is 8.75. The van der Waals surface area contributed by atoms with Crippen molar-refractivity contribution in [1.82, 2.24) is 25.7 Å². The fraction of sp³-hybridized carbons (Fsp3) is 0.227. The monoisotopic (exact) mass is 432 g/mol. The molecular formula is C22H20N6O2S. The number of anilines is 1. The molecule has 1 fully saturated rings. The van der Waals surface area contributed by atoms with Gasteiger partial charge in [-0.2, -0.15) is 0 Å². The molecule has 5 rings (SSSR count). The van der Waals surface area contributed by atoms with Crippen LogP contribution < -0.4 is 15.4 Å². The summed E-state index contributed by atoms with van der Waals surface area (Å²) in [5.41, 5.74) is 3.91. The molecule has 1 saturated heterocycles. The molecule has 156 valence electrons. The Morgan fingerprint density at radius 1 is 1.03 bits per heavy atom. The van der Waals surface area contributed by atoms with Crippen LogP contribution >= 0.6 is 11.3 Å². The largest absolute Gasteiger partial charge is 0.490 e. The minimum atomic E-state index is -0.248. The number of rotatable bonds is 5. The molecule has 3 heterocycles. The Hall–Kier alpha value is -3.43. The van der Waals surface area contributed by atoms with Gasteiger partial charge in [0.05, 0.1) is 5.52 Å². The zero-order valence-electron chi connectivity index (χ0n) is 16.6. The third-order valence-electron chi connectivity index (χ3n) is 5.14. The summed E-state index contributed by atoms with van der Waals surface area (Å²) in [6.07, 6.45) is 2.20. The van der Waals surface area contributed by atoms with E-state index in [1.54, 1.807) is 23.7 Å². The Kier molecular flexibility index (Phi) is 5.51. The molecule has 0 atom stereocenters. The number of nitrogens with one attached hydrogen (secondary N) is 2. The molecule has 0 unspecified atom stereocenters. The molecule has 4 aromatic rings. The molecule has 1 aliphatic rings. The molecular weight excluding hydrogens is 412 g/mol. The highest BCUT2D eigenvalue weighted by Gasteiger charge is 2.15. The van der Waals surface area contributed by atoms with Crippen LogP contribution in [0, 0.1) is 0 Å². The number of benzene rings is 2. The van der Waals surface area contributed by atoms with Crippen molar-refractivity contribution in [1.29, 1.82) is 0 Å². The average molecular weight is 433 g/mol. The first-order valence-corrected chi connectivity index (χ1v) is 11.0. The summed E-state index contributed by atoms with van der Waals surface area (Å²) >= 11 is 1.47. The molecule has 9 heteroatoms. The SMILES string of the molecule is O=C(Nc1cc2cc(-c3nncs3)ccc2nn1)c1ccc(OC2CCNCC2)cc1. The molecule has 1 aliphatic heterocycles. The van der Waals surface area contributed by atoms with Crippen molar-refractivity contribution in [2.45, 2.75) is 18.9 Å². The summed E-state index contributed by atoms with van der Waals surface area (Å²) in [6, 6.07) is 14.8. The van der Waals surface area contributed by atoms with Crippen molar-refractivity contribution in [3.05, 3.63) is 59.6 Å². The first-order valence-electron chi connectivity index (χ1n) is 10.1. The van der Waals surface area contributed by atoms with Crippen molar-refractivity contribution in [3.8, 4) is 16.3 Å². The van der Waals surface area contributed by atoms with Gasteiger partial charge in [0.2, 0.25) is 0 Å². The highest BCUT2D eigenvalue weighted by atomic mass is 32.1. The summed E-state index contributed by atoms with van der Waals surface area (Å²) in [4.78, 5) is 12.7. The fourth-order valence-corrected chi connectivity index (χ4v) is 4.07. The van der Waals surface area contributed by atoms with Crippen LogP contribution in [0.3, 0.4) is 0 Å². The predicted octanol–water partition coefficient (Wildman–Crippen LogP) is 3.53. The first kappa shape index (κ1) is 19.5. The van der Waals surface area contributed by atoms with Crippen LogP contribution in [0.2, 0.25) is 0 Å². The lowest BCUT2D eigenvalue weighted by atomic mass is 10.1. The summed E-state index contributed by atoms with van der Waals surface area (Å²) < 4.78 is 6.00. The smallest absolute Gasteiger partial charge is 0.256 e. The van der Waals surface area contributed by atoms with E-state index in [1.165, 1.54) is 11.3 Å². The van der Waals surface area contributed by atoms with E-state index in [0.29, 0.717) is 11.4 Å². The number of aromatic nitrogens is 4. The van der Waals surface area contributed by atoms with Crippen LogP contribution in [0.5, 0.6) is 5.75 Å². The van der Waals surface area contributed by atoms with Crippen molar-refractivity contribution in [2.24, 2.45) is 0 Å². The minimum absolute atomic E-state index is 0.221. The molecule has 2 aromatic heterocycles. The standard InChI is InChI=1S/C22H20N6O2S/c29-21(14-1-4-17(5-2-14)30-18-7-9-23-10-8-18)25-20-12-16-11-15(22-28-24-13-31-22)3-6-19(16)26-27-20/h1-6,11-13,18,23H,7-10H2,(H,25,27,29). The van der Waals surface area contributed by atoms with Gasteiger partial charge in [0.15, 0.2) is 5.82 Å². The highest BCUT2D eigenvalue weighted by molar-refractivity contribution is 7.12. The minimum Gasteiger partial charge on any atom is -0.490 e. The molecule has 0 aliphatic carbocycles. The number of amides is 1. The number of ether oxygens (including phenoxy) is 1. The number of nitrogens with zero attached hydrogens (tertiary/aromatic N) is 4. The molecule has 0 saturated carbocycles. The predicted molar refractivity (Wildman–Crippen MR) is 119 cm³/mol. The topological polar surface area (TPSA) is 102 Å². The van der Waals surface area contributed by atoms with Crippen LogP contribution in [0.15, 0.2) is 54.0 Å². The van der Waals surface area contributed by atoms with Crippen LogP contribution in [0.25, 0.3) is 21.5 Å². The van der Waals surface area contributed by atoms with Crippen LogP contribution in [0.4, 0.5) is 5.82 Å². The van der Waals surface area contributed by atoms with E-state index in [4.69, 9.17) is 4.74 Å². The van der Waals surface area contributed by atoms with Gasteiger partial charge < -0.3 is 15.4 Å². The number of hydrogen-bond acceptors (Lipinski definition) is 8. The van der Waals surface area contributed by atoms with Crippen LogP contribution in [0.1, 0.15) is 23.2 Å². The van der Waals surface area contributed by atoms with Crippen molar-refractivity contribution >= 4 is 34.0 Å². The third kappa shape index (κ3) is 4.52. The van der Waals surface area contributed by atoms with E-state index in [1.807, 2.05) is 30.3 Å². The maximum absolute atomic E-state index is 12.7. The van der Waals surface area contributed by atoms with Gasteiger partial charge in [0.1, 0.15) is 22.4 Å². The summed E-state index contributed by atoms with van der Waals surface area (Å²) in [5, 5.41) is 24.1. The lowest BCUT2D eigenvalue weighted by Crippen LogP contribution is -2.34. The molecule has 1 amide bonds. The quantitative estimate of drug-likeness (QED) is 0.497. The number of piperidine rings is 1. The Morgan fingerprint density at radius 3 is 2.65 bits per heavy atom. The molecule has 2 N–H and O–H groups in total. The summed E-state index contributed by atoms with van der Waals surface area (Å²) in [7, 11) is 0. The Morgan fingerprint density at radius 2 is 1.87 bits per heavy atom. The number of hydrogen-bond donors (Lipinski definition) is 2. The van der Waals surface area contributed by atoms with E-state index in [9.17, 15) is 4.79 Å². The van der Waals surface area contributed by atoms with Gasteiger partial charge in [-0.1, -0.05) is 11.3 Å². The molecule has 0 radical (unpaired) electrons. The van der Waals surface area contributed by atoms with Crippen molar-refractivity contribution in [3.63, 3.8) is 0 Å². The summed E-state index contributed by atoms with van der Waals surface area (Å²) in [5.74, 6) is 0.919. The number of fused-ring (bicyclic) bond motifs is 1. The van der Waals surface area contributed by atoms with Gasteiger partial charge in [0, 0.05) is 16.5 Å². The lowest BCUT2D eigenvalue weighted by Gasteiger charge is -2.23. The normalized spacial score (nSPS) is 14.5. The maximum Gasteiger partial charge on any atom is 0.256 e. The van der Waals surface area contributed by atoms with Crippen molar-refractivity contribution in [2.75, 3.05) is 18.4 Å². The molecule has 31 heavy (non-hydrogen) atoms. The van der Waals surface area contributed by atoms with E-state index >= 15 is 0 Å². The van der Waals surface area contributed by atoms with Gasteiger partial charge in [-0.15, -0.1) is 20.4 Å². The first-order chi connectivity index (χ1) is 15.2. The van der Waals surface area contributed by atoms with Gasteiger partial charge in [0.25, 0.3) is 5.91 Å². The van der Waals surface area contributed by atoms with Crippen LogP contribution in [-0.2, 0) is 0 Å². The van der Waals surface area contributed by atoms with Crippen LogP contribution in [-0.4, -0.2) is 45.5 Å². The molecule has 8 nitrogen and oxygen atoms in total. The zero-order valence-corrected chi connectivity index (χ0v) is 17.4. The maximum atomic E-state index is 12.7. The average Bonchev–Trinajstić information content (AvgIpc) is 3.35. The second-order valence-electron chi connectivity index (χ2n) is 7.29. The van der Waals surface area contributed by atoms with Gasteiger partial charge >= 0.3 is 0 Å². The Bertz CT molecular complexity index is 1190.